The van der Waals surface area contributed by atoms with Crippen molar-refractivity contribution in [2.45, 2.75) is 6.92 Å². The molecule has 1 aromatic heterocycles. The van der Waals surface area contributed by atoms with Crippen molar-refractivity contribution in [3.63, 3.8) is 0 Å². The van der Waals surface area contributed by atoms with Gasteiger partial charge >= 0.3 is 0 Å². The second-order valence-corrected chi connectivity index (χ2v) is 4.86. The van der Waals surface area contributed by atoms with Crippen LogP contribution < -0.4 is 5.32 Å². The normalized spacial score (nSPS) is 10.1. The average Bonchev–Trinajstić information content (AvgIpc) is 3.01. The SMILES string of the molecule is Cc1nc(-c2cccc(C(=O)Nc3cccc(C#N)c3)c2)no1. The van der Waals surface area contributed by atoms with Gasteiger partial charge in [-0.25, -0.2) is 0 Å². The van der Waals surface area contributed by atoms with Crippen LogP contribution in [0.4, 0.5) is 5.69 Å². The Balaban J connectivity index is 1.84. The summed E-state index contributed by atoms with van der Waals surface area (Å²) in [5.41, 5.74) is 2.21. The number of nitrogens with one attached hydrogen (secondary N) is 1. The molecule has 0 saturated carbocycles. The molecule has 112 valence electrons. The lowest BCUT2D eigenvalue weighted by Gasteiger charge is -2.06. The Kier molecular flexibility index (Phi) is 3.85. The highest BCUT2D eigenvalue weighted by Crippen LogP contribution is 2.18. The summed E-state index contributed by atoms with van der Waals surface area (Å²) in [5.74, 6) is 0.619. The Hall–Kier alpha value is -3.46. The van der Waals surface area contributed by atoms with Crippen LogP contribution in [0.5, 0.6) is 0 Å². The minimum atomic E-state index is -0.276. The van der Waals surface area contributed by atoms with Gasteiger partial charge in [0.05, 0.1) is 11.6 Å². The second-order valence-electron chi connectivity index (χ2n) is 4.86. The standard InChI is InChI=1S/C17H12N4O2/c1-11-19-16(21-23-11)13-5-3-6-14(9-13)17(22)20-15-7-2-4-12(8-15)10-18/h2-9H,1H3,(H,20,22). The quantitative estimate of drug-likeness (QED) is 0.802. The number of carbonyl (C=O) groups excluding carboxylic acids is 1. The highest BCUT2D eigenvalue weighted by molar-refractivity contribution is 6.04. The van der Waals surface area contributed by atoms with Gasteiger partial charge in [-0.05, 0) is 30.3 Å². The largest absolute Gasteiger partial charge is 0.339 e. The van der Waals surface area contributed by atoms with Gasteiger partial charge in [0, 0.05) is 23.7 Å². The third-order valence-corrected chi connectivity index (χ3v) is 3.16. The molecular formula is C17H12N4O2. The maximum Gasteiger partial charge on any atom is 0.255 e. The number of carbonyl (C=O) groups is 1. The van der Waals surface area contributed by atoms with Gasteiger partial charge in [0.15, 0.2) is 0 Å². The molecule has 1 amide bonds. The fourth-order valence-electron chi connectivity index (χ4n) is 2.09. The molecule has 1 N–H and O–H groups in total. The molecule has 0 aliphatic carbocycles. The van der Waals surface area contributed by atoms with Crippen LogP contribution in [0.25, 0.3) is 11.4 Å². The van der Waals surface area contributed by atoms with E-state index in [0.717, 1.165) is 0 Å². The van der Waals surface area contributed by atoms with Crippen LogP contribution in [-0.2, 0) is 0 Å². The summed E-state index contributed by atoms with van der Waals surface area (Å²) in [4.78, 5) is 16.5. The van der Waals surface area contributed by atoms with Gasteiger partial charge in [0.1, 0.15) is 0 Å². The summed E-state index contributed by atoms with van der Waals surface area (Å²) in [7, 11) is 0. The van der Waals surface area contributed by atoms with E-state index in [0.29, 0.717) is 34.1 Å². The molecule has 0 radical (unpaired) electrons. The molecule has 0 aliphatic heterocycles. The first-order valence-corrected chi connectivity index (χ1v) is 6.88. The van der Waals surface area contributed by atoms with Crippen molar-refractivity contribution in [3.8, 4) is 17.5 Å². The Labute approximate surface area is 132 Å². The van der Waals surface area contributed by atoms with Crippen LogP contribution >= 0.6 is 0 Å². The highest BCUT2D eigenvalue weighted by Gasteiger charge is 2.11. The van der Waals surface area contributed by atoms with E-state index in [1.165, 1.54) is 0 Å². The first-order valence-electron chi connectivity index (χ1n) is 6.88. The van der Waals surface area contributed by atoms with E-state index in [4.69, 9.17) is 9.78 Å². The maximum atomic E-state index is 12.3. The van der Waals surface area contributed by atoms with Crippen LogP contribution in [0.2, 0.25) is 0 Å². The number of nitriles is 1. The van der Waals surface area contributed by atoms with Crippen molar-refractivity contribution in [2.24, 2.45) is 0 Å². The molecule has 0 aliphatic rings. The van der Waals surface area contributed by atoms with Crippen molar-refractivity contribution >= 4 is 11.6 Å². The first kappa shape index (κ1) is 14.5. The molecule has 0 spiro atoms. The summed E-state index contributed by atoms with van der Waals surface area (Å²) in [6.07, 6.45) is 0. The zero-order valence-electron chi connectivity index (χ0n) is 12.3. The number of aryl methyl sites for hydroxylation is 1. The number of hydrogen-bond donors (Lipinski definition) is 1. The molecule has 6 heteroatoms. The van der Waals surface area contributed by atoms with Crippen LogP contribution in [0, 0.1) is 18.3 Å². The molecule has 3 rings (SSSR count). The number of anilines is 1. The molecule has 1 heterocycles. The van der Waals surface area contributed by atoms with E-state index in [1.807, 2.05) is 6.07 Å². The van der Waals surface area contributed by atoms with Crippen LogP contribution in [0.15, 0.2) is 53.1 Å². The molecule has 23 heavy (non-hydrogen) atoms. The molecule has 0 unspecified atom stereocenters. The predicted molar refractivity (Wildman–Crippen MR) is 83.6 cm³/mol. The highest BCUT2D eigenvalue weighted by atomic mass is 16.5. The molecule has 0 bridgehead atoms. The first-order chi connectivity index (χ1) is 11.2. The zero-order chi connectivity index (χ0) is 16.2. The predicted octanol–water partition coefficient (Wildman–Crippen LogP) is 3.17. The number of rotatable bonds is 3. The summed E-state index contributed by atoms with van der Waals surface area (Å²) in [6, 6.07) is 15.7. The van der Waals surface area contributed by atoms with Gasteiger partial charge in [-0.1, -0.05) is 23.4 Å². The number of benzene rings is 2. The van der Waals surface area contributed by atoms with Gasteiger partial charge in [-0.2, -0.15) is 10.2 Å². The lowest BCUT2D eigenvalue weighted by Crippen LogP contribution is -2.12. The third kappa shape index (κ3) is 3.24. The monoisotopic (exact) mass is 304 g/mol. The summed E-state index contributed by atoms with van der Waals surface area (Å²) in [6.45, 7) is 1.70. The van der Waals surface area contributed by atoms with E-state index >= 15 is 0 Å². The van der Waals surface area contributed by atoms with E-state index in [2.05, 4.69) is 15.5 Å². The lowest BCUT2D eigenvalue weighted by atomic mass is 10.1. The van der Waals surface area contributed by atoms with Crippen LogP contribution in [-0.4, -0.2) is 16.0 Å². The van der Waals surface area contributed by atoms with Crippen molar-refractivity contribution in [1.82, 2.24) is 10.1 Å². The lowest BCUT2D eigenvalue weighted by molar-refractivity contribution is 0.102. The number of nitrogens with zero attached hydrogens (tertiary/aromatic N) is 3. The topological polar surface area (TPSA) is 91.8 Å². The van der Waals surface area contributed by atoms with E-state index in [9.17, 15) is 4.79 Å². The van der Waals surface area contributed by atoms with Crippen molar-refractivity contribution < 1.29 is 9.32 Å². The summed E-state index contributed by atoms with van der Waals surface area (Å²) >= 11 is 0. The number of hydrogen-bond acceptors (Lipinski definition) is 5. The van der Waals surface area contributed by atoms with E-state index < -0.39 is 0 Å². The molecule has 2 aromatic carbocycles. The van der Waals surface area contributed by atoms with Crippen molar-refractivity contribution in [3.05, 3.63) is 65.5 Å². The second kappa shape index (κ2) is 6.12. The Bertz CT molecular complexity index is 909. The van der Waals surface area contributed by atoms with Gasteiger partial charge in [0.25, 0.3) is 5.91 Å². The van der Waals surface area contributed by atoms with Gasteiger partial charge in [-0.3, -0.25) is 4.79 Å². The Morgan fingerprint density at radius 3 is 2.78 bits per heavy atom. The van der Waals surface area contributed by atoms with Gasteiger partial charge < -0.3 is 9.84 Å². The Morgan fingerprint density at radius 2 is 2.04 bits per heavy atom. The molecular weight excluding hydrogens is 292 g/mol. The molecule has 6 nitrogen and oxygen atoms in total. The smallest absolute Gasteiger partial charge is 0.255 e. The van der Waals surface area contributed by atoms with Crippen molar-refractivity contribution in [2.75, 3.05) is 5.32 Å². The molecule has 3 aromatic rings. The van der Waals surface area contributed by atoms with Crippen molar-refractivity contribution in [1.29, 1.82) is 5.26 Å². The molecule has 0 saturated heterocycles. The van der Waals surface area contributed by atoms with Crippen LogP contribution in [0.1, 0.15) is 21.8 Å². The maximum absolute atomic E-state index is 12.3. The number of aromatic nitrogens is 2. The zero-order valence-corrected chi connectivity index (χ0v) is 12.3. The molecule has 0 fully saturated rings. The third-order valence-electron chi connectivity index (χ3n) is 3.16. The number of amides is 1. The minimum absolute atomic E-state index is 0.276. The fourth-order valence-corrected chi connectivity index (χ4v) is 2.09. The van der Waals surface area contributed by atoms with E-state index in [-0.39, 0.29) is 5.91 Å². The van der Waals surface area contributed by atoms with Gasteiger partial charge in [-0.15, -0.1) is 0 Å². The minimum Gasteiger partial charge on any atom is -0.339 e. The van der Waals surface area contributed by atoms with E-state index in [1.54, 1.807) is 55.5 Å². The fraction of sp³-hybridized carbons (Fsp3) is 0.0588. The summed E-state index contributed by atoms with van der Waals surface area (Å²) in [5, 5.41) is 15.5. The molecule has 0 atom stereocenters. The average molecular weight is 304 g/mol. The summed E-state index contributed by atoms with van der Waals surface area (Å²) < 4.78 is 4.95. The Morgan fingerprint density at radius 1 is 1.22 bits per heavy atom. The van der Waals surface area contributed by atoms with Crippen LogP contribution in [0.3, 0.4) is 0 Å². The van der Waals surface area contributed by atoms with Gasteiger partial charge in [0.2, 0.25) is 11.7 Å².